The first-order valence-electron chi connectivity index (χ1n) is 6.19. The Morgan fingerprint density at radius 2 is 2.16 bits per heavy atom. The molecule has 6 heteroatoms. The number of hydrogen-bond donors (Lipinski definition) is 1. The molecule has 1 N–H and O–H groups in total. The van der Waals surface area contributed by atoms with Gasteiger partial charge in [0.05, 0.1) is 6.04 Å². The van der Waals surface area contributed by atoms with Gasteiger partial charge in [-0.1, -0.05) is 25.4 Å². The predicted molar refractivity (Wildman–Crippen MR) is 85.8 cm³/mol. The summed E-state index contributed by atoms with van der Waals surface area (Å²) in [5.74, 6) is 0.593. The summed E-state index contributed by atoms with van der Waals surface area (Å²) in [5.41, 5.74) is 0. The van der Waals surface area contributed by atoms with Crippen LogP contribution in [0.1, 0.15) is 25.1 Å². The minimum Gasteiger partial charge on any atom is -0.347 e. The molecule has 19 heavy (non-hydrogen) atoms. The van der Waals surface area contributed by atoms with Crippen LogP contribution in [-0.2, 0) is 11.3 Å². The standard InChI is InChI=1S/C13H20BrClN2OS/c1-8(2)5-11(13(18)17(3)4)16-7-9-6-10(14)12(15)19-9/h6,8,11,16H,5,7H2,1-4H3. The molecule has 0 bridgehead atoms. The molecule has 1 aromatic rings. The maximum absolute atomic E-state index is 12.1. The van der Waals surface area contributed by atoms with Crippen LogP contribution < -0.4 is 5.32 Å². The van der Waals surface area contributed by atoms with Gasteiger partial charge in [0.1, 0.15) is 4.34 Å². The number of amides is 1. The van der Waals surface area contributed by atoms with Crippen LogP contribution in [0.5, 0.6) is 0 Å². The first-order valence-corrected chi connectivity index (χ1v) is 8.18. The molecule has 1 rings (SSSR count). The van der Waals surface area contributed by atoms with Crippen LogP contribution in [0, 0.1) is 5.92 Å². The van der Waals surface area contributed by atoms with Gasteiger partial charge in [-0.05, 0) is 34.3 Å². The van der Waals surface area contributed by atoms with Crippen LogP contribution in [0.2, 0.25) is 4.34 Å². The van der Waals surface area contributed by atoms with Crippen molar-refractivity contribution in [3.63, 3.8) is 0 Å². The molecular formula is C13H20BrClN2OS. The van der Waals surface area contributed by atoms with Crippen LogP contribution in [0.25, 0.3) is 0 Å². The molecule has 1 heterocycles. The Labute approximate surface area is 132 Å². The fourth-order valence-corrected chi connectivity index (χ4v) is 3.50. The third-order valence-electron chi connectivity index (χ3n) is 2.66. The first kappa shape index (κ1) is 17.0. The van der Waals surface area contributed by atoms with E-state index >= 15 is 0 Å². The number of carbonyl (C=O) groups excluding carboxylic acids is 1. The highest BCUT2D eigenvalue weighted by atomic mass is 79.9. The number of thiophene rings is 1. The first-order chi connectivity index (χ1) is 8.81. The predicted octanol–water partition coefficient (Wildman–Crippen LogP) is 3.76. The quantitative estimate of drug-likeness (QED) is 0.830. The maximum atomic E-state index is 12.1. The van der Waals surface area contributed by atoms with Crippen molar-refractivity contribution in [3.8, 4) is 0 Å². The zero-order chi connectivity index (χ0) is 14.6. The topological polar surface area (TPSA) is 32.3 Å². The average Bonchev–Trinajstić information content (AvgIpc) is 2.62. The van der Waals surface area contributed by atoms with Crippen molar-refractivity contribution in [2.75, 3.05) is 14.1 Å². The Balaban J connectivity index is 2.64. The summed E-state index contributed by atoms with van der Waals surface area (Å²) in [4.78, 5) is 14.9. The molecule has 0 radical (unpaired) electrons. The van der Waals surface area contributed by atoms with Crippen molar-refractivity contribution in [2.45, 2.75) is 32.9 Å². The van der Waals surface area contributed by atoms with Crippen LogP contribution in [0.4, 0.5) is 0 Å². The number of halogens is 2. The summed E-state index contributed by atoms with van der Waals surface area (Å²) in [7, 11) is 3.58. The third kappa shape index (κ3) is 5.42. The highest BCUT2D eigenvalue weighted by Crippen LogP contribution is 2.31. The molecule has 3 nitrogen and oxygen atoms in total. The van der Waals surface area contributed by atoms with Gasteiger partial charge in [0, 0.05) is 30.0 Å². The molecule has 0 fully saturated rings. The summed E-state index contributed by atoms with van der Waals surface area (Å²) in [6.45, 7) is 4.90. The fraction of sp³-hybridized carbons (Fsp3) is 0.615. The second-order valence-corrected chi connectivity index (χ2v) is 7.72. The van der Waals surface area contributed by atoms with Gasteiger partial charge in [-0.3, -0.25) is 4.79 Å². The molecule has 0 spiro atoms. The van der Waals surface area contributed by atoms with E-state index in [2.05, 4.69) is 35.1 Å². The summed E-state index contributed by atoms with van der Waals surface area (Å²) in [6.07, 6.45) is 0.831. The Bertz CT molecular complexity index is 415. The normalized spacial score (nSPS) is 12.8. The Morgan fingerprint density at radius 3 is 2.58 bits per heavy atom. The van der Waals surface area contributed by atoms with E-state index in [1.807, 2.05) is 6.07 Å². The second-order valence-electron chi connectivity index (χ2n) is 5.13. The molecule has 108 valence electrons. The third-order valence-corrected chi connectivity index (χ3v) is 5.14. The van der Waals surface area contributed by atoms with Crippen LogP contribution in [-0.4, -0.2) is 30.9 Å². The van der Waals surface area contributed by atoms with E-state index in [0.717, 1.165) is 20.1 Å². The molecule has 0 saturated carbocycles. The van der Waals surface area contributed by atoms with Crippen molar-refractivity contribution in [3.05, 3.63) is 19.8 Å². The fourth-order valence-electron chi connectivity index (χ4n) is 1.76. The van der Waals surface area contributed by atoms with Crippen LogP contribution in [0.15, 0.2) is 10.5 Å². The highest BCUT2D eigenvalue weighted by molar-refractivity contribution is 9.10. The van der Waals surface area contributed by atoms with Crippen molar-refractivity contribution in [1.82, 2.24) is 10.2 Å². The Kier molecular flexibility index (Phi) is 6.80. The molecule has 1 aromatic heterocycles. The number of hydrogen-bond acceptors (Lipinski definition) is 3. The van der Waals surface area contributed by atoms with Gasteiger partial charge < -0.3 is 10.2 Å². The second kappa shape index (κ2) is 7.62. The number of nitrogens with zero attached hydrogens (tertiary/aromatic N) is 1. The van der Waals surface area contributed by atoms with Gasteiger partial charge in [0.25, 0.3) is 0 Å². The van der Waals surface area contributed by atoms with E-state index in [1.165, 1.54) is 11.3 Å². The van der Waals surface area contributed by atoms with Crippen molar-refractivity contribution in [1.29, 1.82) is 0 Å². The van der Waals surface area contributed by atoms with E-state index in [4.69, 9.17) is 11.6 Å². The summed E-state index contributed by atoms with van der Waals surface area (Å²) in [6, 6.07) is 1.85. The molecule has 1 amide bonds. The largest absolute Gasteiger partial charge is 0.347 e. The zero-order valence-electron chi connectivity index (χ0n) is 11.7. The molecule has 1 unspecified atom stereocenters. The molecule has 0 aliphatic heterocycles. The van der Waals surface area contributed by atoms with Gasteiger partial charge >= 0.3 is 0 Å². The Morgan fingerprint density at radius 1 is 1.53 bits per heavy atom. The number of nitrogens with one attached hydrogen (secondary N) is 1. The molecule has 0 saturated heterocycles. The molecular weight excluding hydrogens is 348 g/mol. The minimum absolute atomic E-state index is 0.121. The summed E-state index contributed by atoms with van der Waals surface area (Å²) >= 11 is 10.9. The summed E-state index contributed by atoms with van der Waals surface area (Å²) < 4.78 is 1.66. The molecule has 1 atom stereocenters. The highest BCUT2D eigenvalue weighted by Gasteiger charge is 2.21. The van der Waals surface area contributed by atoms with E-state index in [-0.39, 0.29) is 11.9 Å². The average molecular weight is 368 g/mol. The van der Waals surface area contributed by atoms with E-state index < -0.39 is 0 Å². The smallest absolute Gasteiger partial charge is 0.239 e. The number of carbonyl (C=O) groups is 1. The van der Waals surface area contributed by atoms with Crippen LogP contribution in [0.3, 0.4) is 0 Å². The monoisotopic (exact) mass is 366 g/mol. The lowest BCUT2D eigenvalue weighted by Gasteiger charge is -2.23. The lowest BCUT2D eigenvalue weighted by atomic mass is 10.0. The molecule has 0 aliphatic carbocycles. The lowest BCUT2D eigenvalue weighted by Crippen LogP contribution is -2.44. The van der Waals surface area contributed by atoms with E-state index in [9.17, 15) is 4.79 Å². The lowest BCUT2D eigenvalue weighted by molar-refractivity contribution is -0.131. The SMILES string of the molecule is CC(C)CC(NCc1cc(Br)c(Cl)s1)C(=O)N(C)C. The van der Waals surface area contributed by atoms with Gasteiger partial charge in [-0.2, -0.15) is 0 Å². The molecule has 0 aromatic carbocycles. The summed E-state index contributed by atoms with van der Waals surface area (Å²) in [5, 5.41) is 3.33. The maximum Gasteiger partial charge on any atom is 0.239 e. The van der Waals surface area contributed by atoms with Crippen molar-refractivity contribution >= 4 is 44.8 Å². The van der Waals surface area contributed by atoms with Gasteiger partial charge in [-0.25, -0.2) is 0 Å². The van der Waals surface area contributed by atoms with E-state index in [0.29, 0.717) is 12.5 Å². The zero-order valence-corrected chi connectivity index (χ0v) is 14.8. The number of likely N-dealkylation sites (N-methyl/N-ethyl adjacent to an activating group) is 1. The van der Waals surface area contributed by atoms with Crippen molar-refractivity contribution < 1.29 is 4.79 Å². The van der Waals surface area contributed by atoms with Gasteiger partial charge in [0.15, 0.2) is 0 Å². The van der Waals surface area contributed by atoms with Crippen molar-refractivity contribution in [2.24, 2.45) is 5.92 Å². The van der Waals surface area contributed by atoms with Gasteiger partial charge in [0.2, 0.25) is 5.91 Å². The molecule has 0 aliphatic rings. The van der Waals surface area contributed by atoms with Crippen LogP contribution >= 0.6 is 38.9 Å². The van der Waals surface area contributed by atoms with Gasteiger partial charge in [-0.15, -0.1) is 11.3 Å². The Hall–Kier alpha value is -0.100. The van der Waals surface area contributed by atoms with E-state index in [1.54, 1.807) is 19.0 Å². The minimum atomic E-state index is -0.144. The number of rotatable bonds is 6.